The van der Waals surface area contributed by atoms with Crippen LogP contribution in [0, 0.1) is 0 Å². The summed E-state index contributed by atoms with van der Waals surface area (Å²) in [5.41, 5.74) is 8.56. The van der Waals surface area contributed by atoms with Gasteiger partial charge in [-0.25, -0.2) is 9.97 Å². The third-order valence-electron chi connectivity index (χ3n) is 9.56. The van der Waals surface area contributed by atoms with Gasteiger partial charge in [0.15, 0.2) is 0 Å². The number of pyridine rings is 2. The summed E-state index contributed by atoms with van der Waals surface area (Å²) in [6.45, 7) is 0. The van der Waals surface area contributed by atoms with Gasteiger partial charge in [0.05, 0.1) is 27.6 Å². The van der Waals surface area contributed by atoms with Crippen LogP contribution in [0.15, 0.2) is 176 Å². The molecule has 0 fully saturated rings. The monoisotopic (exact) mass is 627 g/mol. The van der Waals surface area contributed by atoms with Crippen molar-refractivity contribution in [2.45, 2.75) is 0 Å². The van der Waals surface area contributed by atoms with Crippen LogP contribution in [0.25, 0.3) is 82.7 Å². The molecule has 0 amide bonds. The van der Waals surface area contributed by atoms with Crippen molar-refractivity contribution in [1.82, 2.24) is 23.7 Å². The average Bonchev–Trinajstić information content (AvgIpc) is 3.29. The second kappa shape index (κ2) is 10.9. The molecule has 0 aliphatic heterocycles. The number of aromatic nitrogens is 5. The molecule has 5 aromatic heterocycles. The van der Waals surface area contributed by atoms with Gasteiger partial charge in [0, 0.05) is 34.5 Å². The summed E-state index contributed by atoms with van der Waals surface area (Å²) in [6.07, 6.45) is 3.74. The Hall–Kier alpha value is -6.72. The summed E-state index contributed by atoms with van der Waals surface area (Å²) in [5.74, 6) is 0.872. The molecule has 0 spiro atoms. The lowest BCUT2D eigenvalue weighted by Gasteiger charge is -2.16. The van der Waals surface area contributed by atoms with Gasteiger partial charge in [-0.15, -0.1) is 0 Å². The van der Waals surface area contributed by atoms with Gasteiger partial charge in [0.25, 0.3) is 0 Å². The van der Waals surface area contributed by atoms with Gasteiger partial charge in [-0.3, -0.25) is 9.13 Å². The first-order valence-electron chi connectivity index (χ1n) is 16.5. The molecular weight excluding hydrogens is 599 g/mol. The Kier molecular flexibility index (Phi) is 6.11. The van der Waals surface area contributed by atoms with Crippen molar-refractivity contribution in [3.8, 4) is 17.2 Å². The fourth-order valence-corrected chi connectivity index (χ4v) is 7.39. The second-order valence-corrected chi connectivity index (χ2v) is 12.4. The van der Waals surface area contributed by atoms with Crippen LogP contribution in [-0.4, -0.2) is 23.7 Å². The Labute approximate surface area is 281 Å². The Balaban J connectivity index is 1.34. The summed E-state index contributed by atoms with van der Waals surface area (Å²) < 4.78 is 6.95. The molecular formula is C44H29N5. The Morgan fingerprint density at radius 1 is 0.327 bits per heavy atom. The molecule has 10 aromatic rings. The Bertz CT molecular complexity index is 2890. The second-order valence-electron chi connectivity index (χ2n) is 12.4. The van der Waals surface area contributed by atoms with Crippen LogP contribution < -0.4 is 0 Å². The third-order valence-corrected chi connectivity index (χ3v) is 9.56. The van der Waals surface area contributed by atoms with E-state index in [-0.39, 0.29) is 0 Å². The zero-order valence-corrected chi connectivity index (χ0v) is 26.5. The van der Waals surface area contributed by atoms with Crippen LogP contribution in [-0.2, 0) is 0 Å². The van der Waals surface area contributed by atoms with Crippen molar-refractivity contribution in [3.05, 3.63) is 176 Å². The molecule has 0 aliphatic carbocycles. The summed E-state index contributed by atoms with van der Waals surface area (Å²) in [5, 5.41) is 6.89. The number of rotatable bonds is 3. The molecule has 0 radical (unpaired) electrons. The number of nitrogens with zero attached hydrogens (tertiary/aromatic N) is 5. The van der Waals surface area contributed by atoms with Crippen molar-refractivity contribution in [2.24, 2.45) is 0 Å². The van der Waals surface area contributed by atoms with Crippen LogP contribution in [0.3, 0.4) is 0 Å². The normalized spacial score (nSPS) is 11.7. The third kappa shape index (κ3) is 4.33. The lowest BCUT2D eigenvalue weighted by molar-refractivity contribution is 1.07. The molecule has 5 aromatic carbocycles. The van der Waals surface area contributed by atoms with E-state index in [0.29, 0.717) is 0 Å². The SMILES string of the molecule is c1ccc(-n2c3ccccc3ccc3cc4ccc5ccccc5n(-c5cccc(-n6c7ccccc7c7cccnc76)c5)c4cc32)nc1. The van der Waals surface area contributed by atoms with Crippen molar-refractivity contribution in [1.29, 1.82) is 0 Å². The molecule has 0 N–H and O–H groups in total. The van der Waals surface area contributed by atoms with E-state index < -0.39 is 0 Å². The van der Waals surface area contributed by atoms with Crippen molar-refractivity contribution in [3.63, 3.8) is 0 Å². The van der Waals surface area contributed by atoms with Crippen LogP contribution in [0.2, 0.25) is 0 Å². The molecule has 0 aliphatic rings. The summed E-state index contributed by atoms with van der Waals surface area (Å²) in [4.78, 5) is 9.70. The highest BCUT2D eigenvalue weighted by molar-refractivity contribution is 6.08. The zero-order valence-electron chi connectivity index (χ0n) is 26.5. The smallest absolute Gasteiger partial charge is 0.145 e. The maximum Gasteiger partial charge on any atom is 0.145 e. The van der Waals surface area contributed by atoms with E-state index in [1.807, 2.05) is 30.6 Å². The van der Waals surface area contributed by atoms with Gasteiger partial charge in [0.2, 0.25) is 0 Å². The standard InChI is InChI=1S/C44H29N5/c1-4-17-38-30(11-1)21-23-32-27-33-24-22-31-12-2-5-18-39(31)49(43-20-7-8-25-45-43)42(33)29-41(32)47(38)34-13-9-14-35(28-34)48-40-19-6-3-15-36(40)37-16-10-26-46-44(37)48/h1-29H. The minimum Gasteiger partial charge on any atom is -0.309 e. The van der Waals surface area contributed by atoms with Crippen molar-refractivity contribution in [2.75, 3.05) is 0 Å². The highest BCUT2D eigenvalue weighted by atomic mass is 15.1. The topological polar surface area (TPSA) is 40.6 Å². The predicted octanol–water partition coefficient (Wildman–Crippen LogP) is 10.9. The lowest BCUT2D eigenvalue weighted by Crippen LogP contribution is -2.02. The van der Waals surface area contributed by atoms with E-state index in [0.717, 1.165) is 77.4 Å². The van der Waals surface area contributed by atoms with Gasteiger partial charge < -0.3 is 4.57 Å². The van der Waals surface area contributed by atoms with E-state index in [1.54, 1.807) is 0 Å². The highest BCUT2D eigenvalue weighted by Gasteiger charge is 2.15. The van der Waals surface area contributed by atoms with E-state index >= 15 is 0 Å². The maximum atomic E-state index is 4.86. The zero-order chi connectivity index (χ0) is 32.3. The average molecular weight is 628 g/mol. The van der Waals surface area contributed by atoms with E-state index in [1.165, 1.54) is 5.39 Å². The first-order chi connectivity index (χ1) is 24.3. The molecule has 10 rings (SSSR count). The number of benzene rings is 5. The molecule has 0 bridgehead atoms. The lowest BCUT2D eigenvalue weighted by atomic mass is 10.1. The summed E-state index contributed by atoms with van der Waals surface area (Å²) >= 11 is 0. The van der Waals surface area contributed by atoms with Crippen LogP contribution in [0.1, 0.15) is 0 Å². The first kappa shape index (κ1) is 27.4. The number of fused-ring (bicyclic) bond motifs is 7. The van der Waals surface area contributed by atoms with Crippen LogP contribution >= 0.6 is 0 Å². The van der Waals surface area contributed by atoms with E-state index in [4.69, 9.17) is 9.97 Å². The molecule has 5 heterocycles. The van der Waals surface area contributed by atoms with Crippen molar-refractivity contribution < 1.29 is 0 Å². The molecule has 5 heteroatoms. The quantitative estimate of drug-likeness (QED) is 0.196. The first-order valence-corrected chi connectivity index (χ1v) is 16.5. The largest absolute Gasteiger partial charge is 0.309 e. The van der Waals surface area contributed by atoms with Crippen LogP contribution in [0.5, 0.6) is 0 Å². The fourth-order valence-electron chi connectivity index (χ4n) is 7.39. The van der Waals surface area contributed by atoms with Gasteiger partial charge in [-0.05, 0) is 94.3 Å². The Morgan fingerprint density at radius 3 is 1.67 bits per heavy atom. The van der Waals surface area contributed by atoms with Gasteiger partial charge >= 0.3 is 0 Å². The number of para-hydroxylation sites is 3. The molecule has 49 heavy (non-hydrogen) atoms. The predicted molar refractivity (Wildman–Crippen MR) is 203 cm³/mol. The van der Waals surface area contributed by atoms with Crippen LogP contribution in [0.4, 0.5) is 0 Å². The van der Waals surface area contributed by atoms with Gasteiger partial charge in [-0.1, -0.05) is 91.0 Å². The molecule has 0 saturated heterocycles. The van der Waals surface area contributed by atoms with Gasteiger partial charge in [0.1, 0.15) is 11.5 Å². The summed E-state index contributed by atoms with van der Waals surface area (Å²) in [6, 6.07) is 58.3. The maximum absolute atomic E-state index is 4.86. The highest BCUT2D eigenvalue weighted by Crippen LogP contribution is 2.34. The fraction of sp³-hybridized carbons (Fsp3) is 0. The minimum atomic E-state index is 0.872. The molecule has 0 atom stereocenters. The summed E-state index contributed by atoms with van der Waals surface area (Å²) in [7, 11) is 0. The van der Waals surface area contributed by atoms with Gasteiger partial charge in [-0.2, -0.15) is 0 Å². The minimum absolute atomic E-state index is 0.872. The number of hydrogen-bond acceptors (Lipinski definition) is 2. The van der Waals surface area contributed by atoms with E-state index in [2.05, 4.69) is 159 Å². The van der Waals surface area contributed by atoms with Crippen molar-refractivity contribution >= 4 is 65.5 Å². The molecule has 0 unspecified atom stereocenters. The molecule has 5 nitrogen and oxygen atoms in total. The molecule has 230 valence electrons. The molecule has 0 saturated carbocycles. The van der Waals surface area contributed by atoms with E-state index in [9.17, 15) is 0 Å². The number of hydrogen-bond donors (Lipinski definition) is 0. The Morgan fingerprint density at radius 2 is 0.918 bits per heavy atom.